The van der Waals surface area contributed by atoms with Crippen molar-refractivity contribution < 1.29 is 31.5 Å². The highest BCUT2D eigenvalue weighted by Crippen LogP contribution is 2.35. The fourth-order valence-electron chi connectivity index (χ4n) is 1.99. The van der Waals surface area contributed by atoms with Crippen molar-refractivity contribution in [2.45, 2.75) is 19.5 Å². The second kappa shape index (κ2) is 6.99. The van der Waals surface area contributed by atoms with Gasteiger partial charge in [0.05, 0.1) is 18.4 Å². The summed E-state index contributed by atoms with van der Waals surface area (Å²) < 4.78 is 68.8. The van der Waals surface area contributed by atoms with Gasteiger partial charge in [-0.05, 0) is 31.2 Å². The zero-order valence-corrected chi connectivity index (χ0v) is 13.0. The smallest absolute Gasteiger partial charge is 0.416 e. The first kappa shape index (κ1) is 18.6. The van der Waals surface area contributed by atoms with Gasteiger partial charge in [-0.2, -0.15) is 13.2 Å². The van der Waals surface area contributed by atoms with Crippen LogP contribution < -0.4 is 10.1 Å². The van der Waals surface area contributed by atoms with Crippen LogP contribution in [0.25, 0.3) is 0 Å². The number of aromatic nitrogens is 2. The molecule has 0 spiro atoms. The molecular weight excluding hydrogens is 349 g/mol. The maximum atomic E-state index is 12.8. The van der Waals surface area contributed by atoms with Gasteiger partial charge in [0.15, 0.2) is 0 Å². The molecule has 0 saturated heterocycles. The van der Waals surface area contributed by atoms with E-state index in [0.717, 1.165) is 18.2 Å². The van der Waals surface area contributed by atoms with Gasteiger partial charge < -0.3 is 10.1 Å². The number of halogens is 5. The molecular formula is C15H12F5N3O2. The highest BCUT2D eigenvalue weighted by Gasteiger charge is 2.31. The van der Waals surface area contributed by atoms with E-state index < -0.39 is 35.5 Å². The lowest BCUT2D eigenvalue weighted by molar-refractivity contribution is -0.137. The molecule has 2 aromatic rings. The number of ether oxygens (including phenoxy) is 1. The largest absolute Gasteiger partial charge is 0.495 e. The van der Waals surface area contributed by atoms with Crippen molar-refractivity contribution in [2.24, 2.45) is 0 Å². The molecule has 0 aliphatic rings. The van der Waals surface area contributed by atoms with E-state index in [9.17, 15) is 26.7 Å². The van der Waals surface area contributed by atoms with Crippen molar-refractivity contribution in [3.05, 3.63) is 47.0 Å². The normalized spacial score (nSPS) is 11.5. The molecule has 0 bridgehead atoms. The first-order chi connectivity index (χ1) is 11.6. The van der Waals surface area contributed by atoms with Crippen LogP contribution >= 0.6 is 0 Å². The van der Waals surface area contributed by atoms with Crippen molar-refractivity contribution in [3.63, 3.8) is 0 Å². The first-order valence-corrected chi connectivity index (χ1v) is 6.82. The quantitative estimate of drug-likeness (QED) is 0.836. The molecule has 0 aliphatic carbocycles. The monoisotopic (exact) mass is 361 g/mol. The molecule has 10 heteroatoms. The van der Waals surface area contributed by atoms with Gasteiger partial charge >= 0.3 is 6.18 Å². The number of aryl methyl sites for hydroxylation is 1. The fraction of sp³-hybridized carbons (Fsp3) is 0.267. The Morgan fingerprint density at radius 3 is 2.44 bits per heavy atom. The molecule has 0 radical (unpaired) electrons. The van der Waals surface area contributed by atoms with Gasteiger partial charge in [0.2, 0.25) is 0 Å². The summed E-state index contributed by atoms with van der Waals surface area (Å²) >= 11 is 0. The summed E-state index contributed by atoms with van der Waals surface area (Å²) in [4.78, 5) is 19.4. The molecule has 0 unspecified atom stereocenters. The second-order valence-corrected chi connectivity index (χ2v) is 4.89. The molecule has 25 heavy (non-hydrogen) atoms. The Bertz CT molecular complexity index is 793. The van der Waals surface area contributed by atoms with Crippen molar-refractivity contribution in [1.82, 2.24) is 9.97 Å². The number of carbonyl (C=O) groups is 1. The Morgan fingerprint density at radius 2 is 1.88 bits per heavy atom. The zero-order valence-electron chi connectivity index (χ0n) is 13.0. The number of alkyl halides is 5. The van der Waals surface area contributed by atoms with Crippen molar-refractivity contribution in [3.8, 4) is 5.75 Å². The number of nitrogens with zero attached hydrogens (tertiary/aromatic N) is 2. The van der Waals surface area contributed by atoms with Crippen LogP contribution in [-0.4, -0.2) is 23.0 Å². The molecule has 5 nitrogen and oxygen atoms in total. The van der Waals surface area contributed by atoms with Crippen molar-refractivity contribution in [2.75, 3.05) is 12.4 Å². The van der Waals surface area contributed by atoms with Crippen LogP contribution in [0.3, 0.4) is 0 Å². The minimum absolute atomic E-state index is 0.0267. The number of hydrogen-bond donors (Lipinski definition) is 1. The Balaban J connectivity index is 2.37. The van der Waals surface area contributed by atoms with Gasteiger partial charge in [-0.1, -0.05) is 0 Å². The van der Waals surface area contributed by atoms with Crippen LogP contribution in [0.5, 0.6) is 5.75 Å². The van der Waals surface area contributed by atoms with Gasteiger partial charge in [-0.3, -0.25) is 4.79 Å². The molecule has 0 atom stereocenters. The van der Waals surface area contributed by atoms with Gasteiger partial charge in [-0.15, -0.1) is 0 Å². The number of amides is 1. The van der Waals surface area contributed by atoms with Gasteiger partial charge in [0.1, 0.15) is 23.0 Å². The summed E-state index contributed by atoms with van der Waals surface area (Å²) in [6.07, 6.45) is -7.54. The van der Waals surface area contributed by atoms with E-state index in [0.29, 0.717) is 6.07 Å². The molecule has 1 amide bonds. The number of hydrogen-bond acceptors (Lipinski definition) is 4. The third-order valence-electron chi connectivity index (χ3n) is 3.09. The number of anilines is 1. The third kappa shape index (κ3) is 4.40. The Labute approximate surface area is 138 Å². The van der Waals surface area contributed by atoms with Gasteiger partial charge in [0, 0.05) is 0 Å². The molecule has 134 valence electrons. The van der Waals surface area contributed by atoms with Crippen LogP contribution in [0, 0.1) is 6.92 Å². The lowest BCUT2D eigenvalue weighted by Crippen LogP contribution is -2.17. The maximum Gasteiger partial charge on any atom is 0.416 e. The molecule has 1 N–H and O–H groups in total. The first-order valence-electron chi connectivity index (χ1n) is 6.82. The molecule has 0 fully saturated rings. The molecule has 1 aromatic heterocycles. The predicted molar refractivity (Wildman–Crippen MR) is 77.7 cm³/mol. The fourth-order valence-corrected chi connectivity index (χ4v) is 1.99. The number of methoxy groups -OCH3 is 1. The summed E-state index contributed by atoms with van der Waals surface area (Å²) in [5.41, 5.74) is -2.33. The highest BCUT2D eigenvalue weighted by molar-refractivity contribution is 6.03. The van der Waals surface area contributed by atoms with Crippen LogP contribution in [0.4, 0.5) is 27.6 Å². The number of benzene rings is 1. The summed E-state index contributed by atoms with van der Waals surface area (Å²) in [7, 11) is 1.21. The summed E-state index contributed by atoms with van der Waals surface area (Å²) in [6.45, 7) is 1.31. The molecule has 1 aromatic carbocycles. The molecule has 2 rings (SSSR count). The van der Waals surface area contributed by atoms with E-state index in [2.05, 4.69) is 15.3 Å². The number of carbonyl (C=O) groups excluding carboxylic acids is 1. The highest BCUT2D eigenvalue weighted by atomic mass is 19.4. The van der Waals surface area contributed by atoms with E-state index >= 15 is 0 Å². The summed E-state index contributed by atoms with van der Waals surface area (Å²) in [6, 6.07) is 3.28. The SMILES string of the molecule is COc1ccc(C(F)(F)F)cc1NC(=O)c1cc(C(F)F)nc(C)n1. The van der Waals surface area contributed by atoms with E-state index in [4.69, 9.17) is 4.74 Å². The Kier molecular flexibility index (Phi) is 5.19. The molecule has 0 aliphatic heterocycles. The van der Waals surface area contributed by atoms with Crippen LogP contribution in [0.2, 0.25) is 0 Å². The van der Waals surface area contributed by atoms with E-state index in [1.54, 1.807) is 0 Å². The van der Waals surface area contributed by atoms with Gasteiger partial charge in [-0.25, -0.2) is 18.7 Å². The second-order valence-electron chi connectivity index (χ2n) is 4.89. The standard InChI is InChI=1S/C15H12F5N3O2/c1-7-21-10(13(16)17)6-11(22-7)14(24)23-9-5-8(15(18,19)20)3-4-12(9)25-2/h3-6,13H,1-2H3,(H,23,24). The van der Waals surface area contributed by atoms with Crippen LogP contribution in [0.1, 0.15) is 34.0 Å². The van der Waals surface area contributed by atoms with Crippen LogP contribution in [0.15, 0.2) is 24.3 Å². The Hall–Kier alpha value is -2.78. The number of rotatable bonds is 4. The van der Waals surface area contributed by atoms with Gasteiger partial charge in [0.25, 0.3) is 12.3 Å². The zero-order chi connectivity index (χ0) is 18.8. The summed E-state index contributed by atoms with van der Waals surface area (Å²) in [5.74, 6) is -1.06. The minimum Gasteiger partial charge on any atom is -0.495 e. The molecule has 0 saturated carbocycles. The van der Waals surface area contributed by atoms with E-state index in [-0.39, 0.29) is 17.3 Å². The predicted octanol–water partition coefficient (Wildman–Crippen LogP) is 4.00. The maximum absolute atomic E-state index is 12.8. The average Bonchev–Trinajstić information content (AvgIpc) is 2.53. The van der Waals surface area contributed by atoms with Crippen LogP contribution in [-0.2, 0) is 6.18 Å². The minimum atomic E-state index is -4.62. The topological polar surface area (TPSA) is 64.1 Å². The third-order valence-corrected chi connectivity index (χ3v) is 3.09. The molecule has 1 heterocycles. The van der Waals surface area contributed by atoms with Crippen molar-refractivity contribution >= 4 is 11.6 Å². The lowest BCUT2D eigenvalue weighted by atomic mass is 10.1. The Morgan fingerprint density at radius 1 is 1.20 bits per heavy atom. The van der Waals surface area contributed by atoms with Crippen molar-refractivity contribution in [1.29, 1.82) is 0 Å². The van der Waals surface area contributed by atoms with E-state index in [1.807, 2.05) is 0 Å². The lowest BCUT2D eigenvalue weighted by Gasteiger charge is -2.14. The average molecular weight is 361 g/mol. The van der Waals surface area contributed by atoms with E-state index in [1.165, 1.54) is 14.0 Å². The summed E-state index contributed by atoms with van der Waals surface area (Å²) in [5, 5.41) is 2.18. The number of nitrogens with one attached hydrogen (secondary N) is 1.